The average molecular weight is 269 g/mol. The lowest BCUT2D eigenvalue weighted by Gasteiger charge is -2.29. The van der Waals surface area contributed by atoms with Gasteiger partial charge >= 0.3 is 0 Å². The van der Waals surface area contributed by atoms with Gasteiger partial charge in [0.25, 0.3) is 5.91 Å². The molecule has 0 saturated carbocycles. The smallest absolute Gasteiger partial charge is 0.251 e. The quantitative estimate of drug-likeness (QED) is 0.731. The first kappa shape index (κ1) is 13.4. The zero-order valence-electron chi connectivity index (χ0n) is 10.7. The van der Waals surface area contributed by atoms with E-state index in [-0.39, 0.29) is 11.8 Å². The molecule has 2 aliphatic heterocycles. The molecule has 0 aliphatic carbocycles. The molecule has 5 nitrogen and oxygen atoms in total. The maximum atomic E-state index is 11.6. The van der Waals surface area contributed by atoms with Crippen molar-refractivity contribution in [1.29, 1.82) is 0 Å². The van der Waals surface area contributed by atoms with E-state index in [1.807, 2.05) is 0 Å². The molecule has 2 N–H and O–H groups in total. The molecule has 2 aliphatic rings. The fourth-order valence-corrected chi connectivity index (χ4v) is 3.08. The summed E-state index contributed by atoms with van der Waals surface area (Å²) in [6.07, 6.45) is 2.02. The number of imide groups is 1. The van der Waals surface area contributed by atoms with Gasteiger partial charge in [-0.05, 0) is 18.8 Å². The third-order valence-electron chi connectivity index (χ3n) is 3.26. The van der Waals surface area contributed by atoms with Crippen molar-refractivity contribution in [3.05, 3.63) is 0 Å². The normalized spacial score (nSPS) is 31.4. The van der Waals surface area contributed by atoms with E-state index in [9.17, 15) is 9.59 Å². The SMILES string of the molecule is CC(C)C1CCSC(=NC2CCC(=O)NC2=O)N1. The van der Waals surface area contributed by atoms with Crippen LogP contribution in [-0.2, 0) is 9.59 Å². The fourth-order valence-electron chi connectivity index (χ4n) is 2.08. The number of nitrogens with zero attached hydrogens (tertiary/aromatic N) is 1. The highest BCUT2D eigenvalue weighted by Crippen LogP contribution is 2.20. The van der Waals surface area contributed by atoms with Crippen LogP contribution in [0.15, 0.2) is 4.99 Å². The lowest BCUT2D eigenvalue weighted by atomic mass is 10.0. The van der Waals surface area contributed by atoms with Crippen LogP contribution in [-0.4, -0.2) is 34.8 Å². The number of hydrogen-bond donors (Lipinski definition) is 2. The van der Waals surface area contributed by atoms with Gasteiger partial charge in [-0.25, -0.2) is 4.99 Å². The molecular formula is C12H19N3O2S. The Morgan fingerprint density at radius 1 is 1.33 bits per heavy atom. The average Bonchev–Trinajstić information content (AvgIpc) is 2.33. The van der Waals surface area contributed by atoms with Crippen molar-refractivity contribution < 1.29 is 9.59 Å². The summed E-state index contributed by atoms with van der Waals surface area (Å²) in [6, 6.07) is 0.0156. The molecule has 2 atom stereocenters. The largest absolute Gasteiger partial charge is 0.362 e. The minimum Gasteiger partial charge on any atom is -0.362 e. The monoisotopic (exact) mass is 269 g/mol. The number of amides is 2. The Hall–Kier alpha value is -1.04. The lowest BCUT2D eigenvalue weighted by molar-refractivity contribution is -0.133. The zero-order chi connectivity index (χ0) is 13.1. The first-order valence-corrected chi connectivity index (χ1v) is 7.35. The van der Waals surface area contributed by atoms with Gasteiger partial charge in [-0.3, -0.25) is 14.9 Å². The number of carbonyl (C=O) groups excluding carboxylic acids is 2. The molecule has 2 heterocycles. The number of aliphatic imine (C=N–C) groups is 1. The molecule has 18 heavy (non-hydrogen) atoms. The molecule has 2 rings (SSSR count). The van der Waals surface area contributed by atoms with E-state index in [0.29, 0.717) is 24.8 Å². The summed E-state index contributed by atoms with van der Waals surface area (Å²) in [5.74, 6) is 1.12. The van der Waals surface area contributed by atoms with E-state index >= 15 is 0 Å². The van der Waals surface area contributed by atoms with Crippen molar-refractivity contribution in [1.82, 2.24) is 10.6 Å². The van der Waals surface area contributed by atoms with E-state index in [0.717, 1.165) is 17.3 Å². The molecular weight excluding hydrogens is 250 g/mol. The van der Waals surface area contributed by atoms with Crippen LogP contribution in [0.4, 0.5) is 0 Å². The number of nitrogens with one attached hydrogen (secondary N) is 2. The summed E-state index contributed by atoms with van der Waals surface area (Å²) in [5.41, 5.74) is 0. The number of amidine groups is 1. The molecule has 0 bridgehead atoms. The van der Waals surface area contributed by atoms with E-state index < -0.39 is 6.04 Å². The van der Waals surface area contributed by atoms with Crippen molar-refractivity contribution in [3.8, 4) is 0 Å². The van der Waals surface area contributed by atoms with Crippen LogP contribution >= 0.6 is 11.8 Å². The molecule has 6 heteroatoms. The van der Waals surface area contributed by atoms with Gasteiger partial charge in [0, 0.05) is 18.2 Å². The molecule has 100 valence electrons. The highest BCUT2D eigenvalue weighted by molar-refractivity contribution is 8.13. The number of piperidine rings is 1. The number of thioether (sulfide) groups is 1. The Balaban J connectivity index is 1.99. The molecule has 2 unspecified atom stereocenters. The summed E-state index contributed by atoms with van der Waals surface area (Å²) in [5, 5.41) is 6.55. The maximum Gasteiger partial charge on any atom is 0.251 e. The van der Waals surface area contributed by atoms with Crippen molar-refractivity contribution in [2.24, 2.45) is 10.9 Å². The van der Waals surface area contributed by atoms with Gasteiger partial charge < -0.3 is 5.32 Å². The predicted octanol–water partition coefficient (Wildman–Crippen LogP) is 0.899. The van der Waals surface area contributed by atoms with Crippen molar-refractivity contribution in [2.45, 2.75) is 45.2 Å². The van der Waals surface area contributed by atoms with Gasteiger partial charge in [0.2, 0.25) is 5.91 Å². The first-order chi connectivity index (χ1) is 8.56. The minimum absolute atomic E-state index is 0.194. The summed E-state index contributed by atoms with van der Waals surface area (Å²) in [6.45, 7) is 4.36. The topological polar surface area (TPSA) is 70.6 Å². The van der Waals surface area contributed by atoms with Gasteiger partial charge in [-0.15, -0.1) is 0 Å². The Morgan fingerprint density at radius 2 is 2.11 bits per heavy atom. The van der Waals surface area contributed by atoms with E-state index in [1.54, 1.807) is 11.8 Å². The lowest BCUT2D eigenvalue weighted by Crippen LogP contribution is -2.46. The maximum absolute atomic E-state index is 11.6. The summed E-state index contributed by atoms with van der Waals surface area (Å²) in [7, 11) is 0. The predicted molar refractivity (Wildman–Crippen MR) is 72.4 cm³/mol. The van der Waals surface area contributed by atoms with Crippen molar-refractivity contribution >= 4 is 28.7 Å². The Labute approximate surface area is 111 Å². The first-order valence-electron chi connectivity index (χ1n) is 6.37. The van der Waals surface area contributed by atoms with Gasteiger partial charge in [0.05, 0.1) is 0 Å². The fraction of sp³-hybridized carbons (Fsp3) is 0.750. The van der Waals surface area contributed by atoms with Crippen LogP contribution in [0, 0.1) is 5.92 Å². The van der Waals surface area contributed by atoms with Gasteiger partial charge in [-0.2, -0.15) is 0 Å². The zero-order valence-corrected chi connectivity index (χ0v) is 11.5. The third-order valence-corrected chi connectivity index (χ3v) is 4.20. The van der Waals surface area contributed by atoms with Crippen molar-refractivity contribution in [2.75, 3.05) is 5.75 Å². The summed E-state index contributed by atoms with van der Waals surface area (Å²) >= 11 is 1.65. The van der Waals surface area contributed by atoms with Crippen LogP contribution in [0.1, 0.15) is 33.1 Å². The molecule has 0 radical (unpaired) electrons. The standard InChI is InChI=1S/C12H19N3O2S/c1-7(2)8-5-6-18-12(13-8)14-9-3-4-10(16)15-11(9)17/h7-9H,3-6H2,1-2H3,(H,13,14)(H,15,16,17). The molecule has 0 aromatic heterocycles. The third kappa shape index (κ3) is 3.25. The van der Waals surface area contributed by atoms with Gasteiger partial charge in [0.1, 0.15) is 6.04 Å². The Bertz CT molecular complexity index is 382. The van der Waals surface area contributed by atoms with Crippen LogP contribution in [0.3, 0.4) is 0 Å². The number of carbonyl (C=O) groups is 2. The van der Waals surface area contributed by atoms with Crippen LogP contribution in [0.5, 0.6) is 0 Å². The van der Waals surface area contributed by atoms with Crippen molar-refractivity contribution in [3.63, 3.8) is 0 Å². The second-order valence-corrected chi connectivity index (χ2v) is 6.12. The highest BCUT2D eigenvalue weighted by Gasteiger charge is 2.28. The van der Waals surface area contributed by atoms with Gasteiger partial charge in [0.15, 0.2) is 5.17 Å². The second kappa shape index (κ2) is 5.73. The summed E-state index contributed by atoms with van der Waals surface area (Å²) < 4.78 is 0. The number of rotatable bonds is 2. The number of hydrogen-bond acceptors (Lipinski definition) is 4. The van der Waals surface area contributed by atoms with Crippen LogP contribution in [0.25, 0.3) is 0 Å². The van der Waals surface area contributed by atoms with E-state index in [1.165, 1.54) is 0 Å². The molecule has 0 spiro atoms. The molecule has 0 aromatic carbocycles. The minimum atomic E-state index is -0.413. The van der Waals surface area contributed by atoms with E-state index in [2.05, 4.69) is 29.5 Å². The molecule has 2 fully saturated rings. The summed E-state index contributed by atoms with van der Waals surface area (Å²) in [4.78, 5) is 27.1. The molecule has 2 saturated heterocycles. The van der Waals surface area contributed by atoms with Crippen LogP contribution < -0.4 is 10.6 Å². The molecule has 2 amide bonds. The Morgan fingerprint density at radius 3 is 2.78 bits per heavy atom. The second-order valence-electron chi connectivity index (χ2n) is 5.03. The highest BCUT2D eigenvalue weighted by atomic mass is 32.2. The van der Waals surface area contributed by atoms with E-state index in [4.69, 9.17) is 0 Å². The molecule has 0 aromatic rings. The van der Waals surface area contributed by atoms with Gasteiger partial charge in [-0.1, -0.05) is 25.6 Å². The van der Waals surface area contributed by atoms with Crippen LogP contribution in [0.2, 0.25) is 0 Å². The Kier molecular flexibility index (Phi) is 4.27.